The van der Waals surface area contributed by atoms with Crippen LogP contribution in [0.25, 0.3) is 0 Å². The van der Waals surface area contributed by atoms with Crippen LogP contribution in [0.15, 0.2) is 0 Å². The highest BCUT2D eigenvalue weighted by Gasteiger charge is 2.18. The molecule has 2 radical (unpaired) electrons. The molecule has 0 aromatic rings. The van der Waals surface area contributed by atoms with Crippen molar-refractivity contribution in [3.8, 4) is 0 Å². The number of likely N-dealkylation sites (tertiary alicyclic amines) is 1. The summed E-state index contributed by atoms with van der Waals surface area (Å²) in [4.78, 5) is 12.9. The lowest BCUT2D eigenvalue weighted by molar-refractivity contribution is -0.116. The molecule has 0 N–H and O–H groups in total. The fourth-order valence-electron chi connectivity index (χ4n) is 1.29. The van der Waals surface area contributed by atoms with Gasteiger partial charge < -0.3 is 9.69 Å². The molecule has 0 bridgehead atoms. The van der Waals surface area contributed by atoms with Crippen molar-refractivity contribution >= 4 is 13.5 Å². The summed E-state index contributed by atoms with van der Waals surface area (Å²) < 4.78 is 0. The Morgan fingerprint density at radius 3 is 1.79 bits per heavy atom. The molecule has 14 heavy (non-hydrogen) atoms. The van der Waals surface area contributed by atoms with Crippen LogP contribution in [0.5, 0.6) is 0 Å². The van der Waals surface area contributed by atoms with Gasteiger partial charge in [-0.05, 0) is 33.0 Å². The summed E-state index contributed by atoms with van der Waals surface area (Å²) in [7, 11) is 7.22. The van der Waals surface area contributed by atoms with Crippen molar-refractivity contribution in [2.45, 2.75) is 40.5 Å². The Bertz CT molecular complexity index is 131. The minimum Gasteiger partial charge on any atom is -0.312 e. The second kappa shape index (κ2) is 10.8. The topological polar surface area (TPSA) is 20.3 Å². The Kier molecular flexibility index (Phi) is 12.4. The van der Waals surface area contributed by atoms with Crippen molar-refractivity contribution in [1.82, 2.24) is 4.90 Å². The summed E-state index contributed by atoms with van der Waals surface area (Å²) >= 11 is 0. The van der Waals surface area contributed by atoms with Gasteiger partial charge in [-0.3, -0.25) is 0 Å². The van der Waals surface area contributed by atoms with Crippen molar-refractivity contribution in [3.63, 3.8) is 0 Å². The summed E-state index contributed by atoms with van der Waals surface area (Å²) in [6, 6.07) is 0. The van der Waals surface area contributed by atoms with Crippen molar-refractivity contribution < 1.29 is 4.79 Å². The van der Waals surface area contributed by atoms with Gasteiger partial charge in [0.25, 0.3) is 0 Å². The van der Waals surface area contributed by atoms with E-state index in [4.69, 9.17) is 7.85 Å². The molecule has 0 aromatic carbocycles. The summed E-state index contributed by atoms with van der Waals surface area (Å²) in [5.74, 6) is 0.135. The van der Waals surface area contributed by atoms with Crippen molar-refractivity contribution in [2.24, 2.45) is 5.92 Å². The second-order valence-electron chi connectivity index (χ2n) is 2.98. The van der Waals surface area contributed by atoms with Crippen LogP contribution in [0.2, 0.25) is 0 Å². The summed E-state index contributed by atoms with van der Waals surface area (Å²) in [5, 5.41) is 0. The van der Waals surface area contributed by atoms with Crippen LogP contribution in [0, 0.1) is 5.92 Å². The Morgan fingerprint density at radius 1 is 1.14 bits per heavy atom. The minimum atomic E-state index is -0.131. The summed E-state index contributed by atoms with van der Waals surface area (Å²) in [6.45, 7) is 10.0. The lowest BCUT2D eigenvalue weighted by Crippen LogP contribution is -2.33. The zero-order valence-corrected chi connectivity index (χ0v) is 10.3. The number of carbonyl (C=O) groups excluding carboxylic acids is 1. The van der Waals surface area contributed by atoms with Gasteiger partial charge in [0.15, 0.2) is 7.85 Å². The molecule has 1 aliphatic rings. The molecule has 1 aliphatic heterocycles. The molecule has 1 rings (SSSR count). The molecule has 2 nitrogen and oxygen atoms in total. The minimum absolute atomic E-state index is 0.131. The monoisotopic (exact) mass is 197 g/mol. The quantitative estimate of drug-likeness (QED) is 0.600. The highest BCUT2D eigenvalue weighted by Crippen LogP contribution is 2.15. The van der Waals surface area contributed by atoms with E-state index in [-0.39, 0.29) is 11.6 Å². The van der Waals surface area contributed by atoms with Crippen LogP contribution >= 0.6 is 0 Å². The molecule has 3 heteroatoms. The molecule has 0 atom stereocenters. The van der Waals surface area contributed by atoms with E-state index in [0.717, 1.165) is 25.9 Å². The Morgan fingerprint density at radius 2 is 1.50 bits per heavy atom. The van der Waals surface area contributed by atoms with E-state index in [1.807, 2.05) is 27.7 Å². The molecular weight excluding hydrogens is 173 g/mol. The first kappa shape index (κ1) is 16.1. The van der Waals surface area contributed by atoms with Gasteiger partial charge in [0, 0.05) is 5.92 Å². The zero-order valence-electron chi connectivity index (χ0n) is 10.3. The number of nitrogens with zero attached hydrogens (tertiary/aromatic N) is 1. The average Bonchev–Trinajstić information content (AvgIpc) is 2.24. The van der Waals surface area contributed by atoms with E-state index in [9.17, 15) is 4.79 Å². The fraction of sp³-hybridized carbons (Fsp3) is 0.909. The number of rotatable bonds is 1. The maximum Gasteiger partial charge on any atom is 0.168 e. The maximum absolute atomic E-state index is 10.7. The Hall–Kier alpha value is -0.305. The molecule has 1 saturated heterocycles. The lowest BCUT2D eigenvalue weighted by Gasteiger charge is -2.27. The molecule has 0 aliphatic carbocycles. The molecular formula is C11H24BNO. The Balaban J connectivity index is 0. The number of piperidine rings is 1. The predicted octanol–water partition coefficient (Wildman–Crippen LogP) is 2.08. The third-order valence-corrected chi connectivity index (χ3v) is 2.12. The van der Waals surface area contributed by atoms with Gasteiger partial charge in [0.2, 0.25) is 0 Å². The van der Waals surface area contributed by atoms with Gasteiger partial charge in [-0.15, -0.1) is 0 Å². The first-order valence-corrected chi connectivity index (χ1v) is 5.68. The van der Waals surface area contributed by atoms with Crippen molar-refractivity contribution in [3.05, 3.63) is 0 Å². The molecule has 1 fully saturated rings. The summed E-state index contributed by atoms with van der Waals surface area (Å²) in [5.41, 5.74) is -0.131. The van der Waals surface area contributed by atoms with E-state index in [1.165, 1.54) is 0 Å². The molecule has 0 amide bonds. The molecule has 0 saturated carbocycles. The van der Waals surface area contributed by atoms with E-state index in [0.29, 0.717) is 0 Å². The number of carbonyl (C=O) groups is 1. The molecule has 1 heterocycles. The third kappa shape index (κ3) is 7.13. The maximum atomic E-state index is 10.7. The first-order valence-electron chi connectivity index (χ1n) is 5.68. The molecule has 82 valence electrons. The van der Waals surface area contributed by atoms with Crippen LogP contribution in [0.1, 0.15) is 40.5 Å². The van der Waals surface area contributed by atoms with Gasteiger partial charge in [-0.2, -0.15) is 0 Å². The summed E-state index contributed by atoms with van der Waals surface area (Å²) in [6.07, 6.45) is 1.87. The third-order valence-electron chi connectivity index (χ3n) is 2.12. The van der Waals surface area contributed by atoms with E-state index in [2.05, 4.69) is 11.9 Å². The van der Waals surface area contributed by atoms with E-state index >= 15 is 0 Å². The SMILES string of the molecule is CC.CC.[B]C(=O)C1CCN(C)CC1. The molecule has 0 aromatic heterocycles. The van der Waals surface area contributed by atoms with Gasteiger partial charge in [0.05, 0.1) is 5.68 Å². The number of hydrogen-bond donors (Lipinski definition) is 0. The molecule has 0 spiro atoms. The van der Waals surface area contributed by atoms with Crippen LogP contribution < -0.4 is 0 Å². The lowest BCUT2D eigenvalue weighted by atomic mass is 9.83. The van der Waals surface area contributed by atoms with Gasteiger partial charge >= 0.3 is 0 Å². The predicted molar refractivity (Wildman–Crippen MR) is 63.7 cm³/mol. The fourth-order valence-corrected chi connectivity index (χ4v) is 1.29. The van der Waals surface area contributed by atoms with Crippen molar-refractivity contribution in [1.29, 1.82) is 0 Å². The van der Waals surface area contributed by atoms with Crippen molar-refractivity contribution in [2.75, 3.05) is 20.1 Å². The van der Waals surface area contributed by atoms with Gasteiger partial charge in [-0.1, -0.05) is 27.7 Å². The highest BCUT2D eigenvalue weighted by molar-refractivity contribution is 6.58. The van der Waals surface area contributed by atoms with Crippen LogP contribution in [-0.2, 0) is 4.79 Å². The molecule has 0 unspecified atom stereocenters. The van der Waals surface area contributed by atoms with E-state index < -0.39 is 0 Å². The highest BCUT2D eigenvalue weighted by atomic mass is 16.1. The standard InChI is InChI=1S/C7H12BNO.2C2H6/c1-9-4-2-6(3-5-9)7(8)10;2*1-2/h6H,2-5H2,1H3;2*1-2H3. The van der Waals surface area contributed by atoms with Gasteiger partial charge in [0.1, 0.15) is 0 Å². The first-order chi connectivity index (χ1) is 6.70. The van der Waals surface area contributed by atoms with E-state index in [1.54, 1.807) is 0 Å². The Labute approximate surface area is 90.5 Å². The normalized spacial score (nSPS) is 17.2. The smallest absolute Gasteiger partial charge is 0.168 e. The van der Waals surface area contributed by atoms with Crippen LogP contribution in [0.3, 0.4) is 0 Å². The van der Waals surface area contributed by atoms with Crippen LogP contribution in [0.4, 0.5) is 0 Å². The van der Waals surface area contributed by atoms with Crippen LogP contribution in [-0.4, -0.2) is 38.6 Å². The largest absolute Gasteiger partial charge is 0.312 e. The second-order valence-corrected chi connectivity index (χ2v) is 2.98. The number of hydrogen-bond acceptors (Lipinski definition) is 2. The van der Waals surface area contributed by atoms with Gasteiger partial charge in [-0.25, -0.2) is 0 Å². The average molecular weight is 197 g/mol. The zero-order chi connectivity index (χ0) is 11.6.